The first-order valence-electron chi connectivity index (χ1n) is 5.08. The van der Waals surface area contributed by atoms with Crippen molar-refractivity contribution in [3.05, 3.63) is 24.1 Å². The number of aromatic nitrogens is 3. The molecule has 0 saturated carbocycles. The van der Waals surface area contributed by atoms with Crippen LogP contribution in [0.5, 0.6) is 0 Å². The van der Waals surface area contributed by atoms with Crippen LogP contribution in [0.2, 0.25) is 0 Å². The fraction of sp³-hybridized carbons (Fsp3) is 0.364. The molecular weight excluding hydrogens is 206 g/mol. The van der Waals surface area contributed by atoms with Crippen LogP contribution in [0.25, 0.3) is 11.4 Å². The van der Waals surface area contributed by atoms with Gasteiger partial charge < -0.3 is 4.52 Å². The molecular formula is C11H13N3O2. The molecule has 5 heteroatoms. The molecule has 0 atom stereocenters. The predicted octanol–water partition coefficient (Wildman–Crippen LogP) is 1.91. The van der Waals surface area contributed by atoms with Crippen molar-refractivity contribution < 1.29 is 9.32 Å². The van der Waals surface area contributed by atoms with Crippen molar-refractivity contribution in [2.75, 3.05) is 0 Å². The normalized spacial score (nSPS) is 11.0. The zero-order valence-electron chi connectivity index (χ0n) is 9.47. The SMILES string of the molecule is CC(C)C(=O)c1cc(-c2ccon2)nn1C. The lowest BCUT2D eigenvalue weighted by Gasteiger charge is -2.02. The molecule has 0 amide bonds. The van der Waals surface area contributed by atoms with Crippen LogP contribution >= 0.6 is 0 Å². The van der Waals surface area contributed by atoms with E-state index in [1.807, 2.05) is 13.8 Å². The average Bonchev–Trinajstić information content (AvgIpc) is 2.84. The Bertz CT molecular complexity index is 497. The van der Waals surface area contributed by atoms with Crippen molar-refractivity contribution in [2.45, 2.75) is 13.8 Å². The lowest BCUT2D eigenvalue weighted by atomic mass is 10.1. The summed E-state index contributed by atoms with van der Waals surface area (Å²) in [5.74, 6) is 0.0327. The van der Waals surface area contributed by atoms with Crippen molar-refractivity contribution >= 4 is 5.78 Å². The number of aryl methyl sites for hydroxylation is 1. The van der Waals surface area contributed by atoms with Crippen LogP contribution in [0.4, 0.5) is 0 Å². The van der Waals surface area contributed by atoms with Crippen LogP contribution < -0.4 is 0 Å². The van der Waals surface area contributed by atoms with Gasteiger partial charge in [0.15, 0.2) is 5.78 Å². The molecule has 5 nitrogen and oxygen atoms in total. The first-order valence-corrected chi connectivity index (χ1v) is 5.08. The summed E-state index contributed by atoms with van der Waals surface area (Å²) in [7, 11) is 1.75. The molecule has 2 heterocycles. The molecule has 84 valence electrons. The van der Waals surface area contributed by atoms with Gasteiger partial charge in [0.1, 0.15) is 23.3 Å². The van der Waals surface area contributed by atoms with E-state index in [4.69, 9.17) is 4.52 Å². The quantitative estimate of drug-likeness (QED) is 0.740. The van der Waals surface area contributed by atoms with E-state index in [2.05, 4.69) is 10.3 Å². The number of carbonyl (C=O) groups excluding carboxylic acids is 1. The topological polar surface area (TPSA) is 60.9 Å². The molecule has 2 rings (SSSR count). The zero-order chi connectivity index (χ0) is 11.7. The summed E-state index contributed by atoms with van der Waals surface area (Å²) in [6.45, 7) is 3.73. The van der Waals surface area contributed by atoms with Gasteiger partial charge >= 0.3 is 0 Å². The lowest BCUT2D eigenvalue weighted by Crippen LogP contribution is -2.12. The number of carbonyl (C=O) groups is 1. The molecule has 2 aromatic heterocycles. The van der Waals surface area contributed by atoms with Crippen molar-refractivity contribution in [2.24, 2.45) is 13.0 Å². The number of Topliss-reactive ketones (excluding diaryl/α,β-unsaturated/α-hetero) is 1. The van der Waals surface area contributed by atoms with Gasteiger partial charge in [-0.05, 0) is 6.07 Å². The molecule has 2 aromatic rings. The minimum atomic E-state index is -0.0411. The molecule has 0 saturated heterocycles. The van der Waals surface area contributed by atoms with E-state index in [9.17, 15) is 4.79 Å². The van der Waals surface area contributed by atoms with E-state index in [0.29, 0.717) is 17.1 Å². The summed E-state index contributed by atoms with van der Waals surface area (Å²) in [6, 6.07) is 3.45. The Hall–Kier alpha value is -1.91. The van der Waals surface area contributed by atoms with Crippen molar-refractivity contribution in [1.29, 1.82) is 0 Å². The zero-order valence-corrected chi connectivity index (χ0v) is 9.47. The maximum absolute atomic E-state index is 11.8. The summed E-state index contributed by atoms with van der Waals surface area (Å²) in [4.78, 5) is 11.8. The molecule has 0 bridgehead atoms. The molecule has 0 spiro atoms. The summed E-state index contributed by atoms with van der Waals surface area (Å²) in [5, 5.41) is 8.01. The molecule has 0 unspecified atom stereocenters. The number of hydrogen-bond donors (Lipinski definition) is 0. The highest BCUT2D eigenvalue weighted by Crippen LogP contribution is 2.18. The van der Waals surface area contributed by atoms with Crippen LogP contribution in [0.1, 0.15) is 24.3 Å². The van der Waals surface area contributed by atoms with Gasteiger partial charge in [-0.25, -0.2) is 0 Å². The third-order valence-electron chi connectivity index (χ3n) is 2.36. The Balaban J connectivity index is 2.40. The lowest BCUT2D eigenvalue weighted by molar-refractivity contribution is 0.0930. The van der Waals surface area contributed by atoms with E-state index < -0.39 is 0 Å². The van der Waals surface area contributed by atoms with Gasteiger partial charge in [0.05, 0.1) is 0 Å². The first kappa shape index (κ1) is 10.6. The number of ketones is 1. The monoisotopic (exact) mass is 219 g/mol. The highest BCUT2D eigenvalue weighted by molar-refractivity contribution is 5.96. The van der Waals surface area contributed by atoms with Crippen LogP contribution in [0, 0.1) is 5.92 Å². The van der Waals surface area contributed by atoms with Crippen molar-refractivity contribution in [1.82, 2.24) is 14.9 Å². The number of rotatable bonds is 3. The van der Waals surface area contributed by atoms with E-state index >= 15 is 0 Å². The van der Waals surface area contributed by atoms with Gasteiger partial charge in [-0.15, -0.1) is 0 Å². The molecule has 0 aromatic carbocycles. The van der Waals surface area contributed by atoms with Crippen LogP contribution in [0.15, 0.2) is 22.9 Å². The maximum atomic E-state index is 11.8. The third-order valence-corrected chi connectivity index (χ3v) is 2.36. The molecule has 0 fully saturated rings. The average molecular weight is 219 g/mol. The van der Waals surface area contributed by atoms with Crippen molar-refractivity contribution in [3.63, 3.8) is 0 Å². The Labute approximate surface area is 93.0 Å². The second kappa shape index (κ2) is 3.92. The highest BCUT2D eigenvalue weighted by atomic mass is 16.5. The van der Waals surface area contributed by atoms with Crippen molar-refractivity contribution in [3.8, 4) is 11.4 Å². The molecule has 16 heavy (non-hydrogen) atoms. The Morgan fingerprint density at radius 2 is 2.19 bits per heavy atom. The van der Waals surface area contributed by atoms with E-state index in [1.54, 1.807) is 23.9 Å². The summed E-state index contributed by atoms with van der Waals surface area (Å²) in [5.41, 5.74) is 1.88. The van der Waals surface area contributed by atoms with Crippen LogP contribution in [-0.4, -0.2) is 20.7 Å². The largest absolute Gasteiger partial charge is 0.364 e. The minimum absolute atomic E-state index is 0.0411. The fourth-order valence-corrected chi connectivity index (χ4v) is 1.46. The van der Waals surface area contributed by atoms with Gasteiger partial charge in [0.25, 0.3) is 0 Å². The Kier molecular flexibility index (Phi) is 2.60. The van der Waals surface area contributed by atoms with Gasteiger partial charge in [0, 0.05) is 19.0 Å². The summed E-state index contributed by atoms with van der Waals surface area (Å²) >= 11 is 0. The second-order valence-corrected chi connectivity index (χ2v) is 3.94. The predicted molar refractivity (Wildman–Crippen MR) is 57.9 cm³/mol. The van der Waals surface area contributed by atoms with Gasteiger partial charge in [0.2, 0.25) is 0 Å². The highest BCUT2D eigenvalue weighted by Gasteiger charge is 2.17. The fourth-order valence-electron chi connectivity index (χ4n) is 1.46. The number of nitrogens with zero attached hydrogens (tertiary/aromatic N) is 3. The van der Waals surface area contributed by atoms with Gasteiger partial charge in [-0.1, -0.05) is 19.0 Å². The van der Waals surface area contributed by atoms with E-state index in [0.717, 1.165) is 0 Å². The molecule has 0 aliphatic rings. The van der Waals surface area contributed by atoms with Gasteiger partial charge in [-0.2, -0.15) is 5.10 Å². The second-order valence-electron chi connectivity index (χ2n) is 3.94. The Morgan fingerprint density at radius 3 is 2.75 bits per heavy atom. The molecule has 0 aliphatic heterocycles. The first-order chi connectivity index (χ1) is 7.59. The molecule has 0 aliphatic carbocycles. The van der Waals surface area contributed by atoms with Crippen LogP contribution in [-0.2, 0) is 7.05 Å². The number of hydrogen-bond acceptors (Lipinski definition) is 4. The Morgan fingerprint density at radius 1 is 1.44 bits per heavy atom. The maximum Gasteiger partial charge on any atom is 0.183 e. The van der Waals surface area contributed by atoms with E-state index in [1.165, 1.54) is 6.26 Å². The summed E-state index contributed by atoms with van der Waals surface area (Å²) in [6.07, 6.45) is 1.48. The van der Waals surface area contributed by atoms with Gasteiger partial charge in [-0.3, -0.25) is 9.48 Å². The standard InChI is InChI=1S/C11H13N3O2/c1-7(2)11(15)10-6-9(12-14(10)3)8-4-5-16-13-8/h4-7H,1-3H3. The molecule has 0 N–H and O–H groups in total. The molecule has 0 radical (unpaired) electrons. The minimum Gasteiger partial charge on any atom is -0.364 e. The third kappa shape index (κ3) is 1.76. The van der Waals surface area contributed by atoms with Crippen LogP contribution in [0.3, 0.4) is 0 Å². The van der Waals surface area contributed by atoms with E-state index in [-0.39, 0.29) is 11.7 Å². The summed E-state index contributed by atoms with van der Waals surface area (Å²) < 4.78 is 6.32. The smallest absolute Gasteiger partial charge is 0.183 e.